The topological polar surface area (TPSA) is 62.8 Å². The molecule has 1 N–H and O–H groups in total. The fourth-order valence-electron chi connectivity index (χ4n) is 2.42. The molecule has 4 heteroatoms. The third-order valence-electron chi connectivity index (χ3n) is 3.50. The summed E-state index contributed by atoms with van der Waals surface area (Å²) in [6.07, 6.45) is 2.51. The lowest BCUT2D eigenvalue weighted by atomic mass is 10.0. The molecule has 0 aliphatic rings. The molecule has 4 nitrogen and oxygen atoms in total. The first kappa shape index (κ1) is 13.2. The first-order valence-electron chi connectivity index (χ1n) is 6.65. The molecule has 0 aliphatic heterocycles. The van der Waals surface area contributed by atoms with Crippen LogP contribution in [0, 0.1) is 6.92 Å². The van der Waals surface area contributed by atoms with Crippen LogP contribution < -0.4 is 0 Å². The van der Waals surface area contributed by atoms with E-state index in [4.69, 9.17) is 0 Å². The fourth-order valence-corrected chi connectivity index (χ4v) is 2.42. The zero-order valence-corrected chi connectivity index (χ0v) is 11.8. The van der Waals surface area contributed by atoms with Crippen molar-refractivity contribution in [1.29, 1.82) is 0 Å². The summed E-state index contributed by atoms with van der Waals surface area (Å²) in [4.78, 5) is 30.2. The minimum absolute atomic E-state index is 0.0121. The van der Waals surface area contributed by atoms with E-state index in [-0.39, 0.29) is 5.78 Å². The molecule has 2 heterocycles. The maximum atomic E-state index is 11.6. The van der Waals surface area contributed by atoms with E-state index < -0.39 is 0 Å². The Bertz CT molecular complexity index is 862. The third kappa shape index (κ3) is 2.36. The lowest BCUT2D eigenvalue weighted by Gasteiger charge is -2.06. The van der Waals surface area contributed by atoms with Gasteiger partial charge in [0.05, 0.1) is 5.69 Å². The van der Waals surface area contributed by atoms with Gasteiger partial charge in [-0.05, 0) is 38.1 Å². The molecule has 0 aliphatic carbocycles. The van der Waals surface area contributed by atoms with Crippen LogP contribution in [0.3, 0.4) is 0 Å². The number of aldehydes is 1. The number of pyridine rings is 1. The van der Waals surface area contributed by atoms with Crippen molar-refractivity contribution in [2.24, 2.45) is 0 Å². The van der Waals surface area contributed by atoms with Crippen molar-refractivity contribution in [2.75, 3.05) is 0 Å². The quantitative estimate of drug-likeness (QED) is 0.588. The SMILES string of the molecule is CC(=O)c1cc(C)nc(-c2ccc3[nH]cc(C=O)c3c2)c1. The van der Waals surface area contributed by atoms with Gasteiger partial charge in [0.1, 0.15) is 0 Å². The number of aryl methyl sites for hydroxylation is 1. The van der Waals surface area contributed by atoms with Gasteiger partial charge in [-0.15, -0.1) is 0 Å². The second-order valence-corrected chi connectivity index (χ2v) is 5.06. The Morgan fingerprint density at radius 2 is 2.05 bits per heavy atom. The van der Waals surface area contributed by atoms with Crippen LogP contribution >= 0.6 is 0 Å². The van der Waals surface area contributed by atoms with Gasteiger partial charge in [-0.2, -0.15) is 0 Å². The Kier molecular flexibility index (Phi) is 3.14. The molecule has 0 bridgehead atoms. The average Bonchev–Trinajstić information content (AvgIpc) is 2.88. The van der Waals surface area contributed by atoms with Gasteiger partial charge in [0.25, 0.3) is 0 Å². The molecule has 21 heavy (non-hydrogen) atoms. The molecule has 1 aromatic carbocycles. The van der Waals surface area contributed by atoms with Crippen molar-refractivity contribution < 1.29 is 9.59 Å². The molecule has 0 atom stereocenters. The van der Waals surface area contributed by atoms with Gasteiger partial charge in [-0.25, -0.2) is 0 Å². The van der Waals surface area contributed by atoms with Gasteiger partial charge in [-0.3, -0.25) is 14.6 Å². The van der Waals surface area contributed by atoms with Gasteiger partial charge in [-0.1, -0.05) is 6.07 Å². The second-order valence-electron chi connectivity index (χ2n) is 5.06. The molecule has 3 aromatic rings. The number of rotatable bonds is 3. The first-order chi connectivity index (χ1) is 10.1. The number of aromatic amines is 1. The van der Waals surface area contributed by atoms with Crippen LogP contribution in [0.4, 0.5) is 0 Å². The van der Waals surface area contributed by atoms with E-state index in [9.17, 15) is 9.59 Å². The monoisotopic (exact) mass is 278 g/mol. The summed E-state index contributed by atoms with van der Waals surface area (Å²) >= 11 is 0. The number of carbonyl (C=O) groups excluding carboxylic acids is 2. The largest absolute Gasteiger partial charge is 0.360 e. The van der Waals surface area contributed by atoms with Crippen LogP contribution in [0.2, 0.25) is 0 Å². The molecule has 104 valence electrons. The van der Waals surface area contributed by atoms with Crippen molar-refractivity contribution in [1.82, 2.24) is 9.97 Å². The first-order valence-corrected chi connectivity index (χ1v) is 6.65. The molecule has 0 amide bonds. The molecule has 2 aromatic heterocycles. The van der Waals surface area contributed by atoms with E-state index in [0.29, 0.717) is 11.1 Å². The highest BCUT2D eigenvalue weighted by atomic mass is 16.1. The Morgan fingerprint density at radius 1 is 1.24 bits per heavy atom. The Morgan fingerprint density at radius 3 is 2.76 bits per heavy atom. The predicted molar refractivity (Wildman–Crippen MR) is 81.7 cm³/mol. The smallest absolute Gasteiger partial charge is 0.159 e. The van der Waals surface area contributed by atoms with Crippen LogP contribution in [-0.2, 0) is 0 Å². The minimum Gasteiger partial charge on any atom is -0.360 e. The van der Waals surface area contributed by atoms with Crippen molar-refractivity contribution >= 4 is 23.0 Å². The number of nitrogens with zero attached hydrogens (tertiary/aromatic N) is 1. The zero-order valence-electron chi connectivity index (χ0n) is 11.8. The number of hydrogen-bond acceptors (Lipinski definition) is 3. The van der Waals surface area contributed by atoms with Gasteiger partial charge < -0.3 is 4.98 Å². The molecule has 0 saturated heterocycles. The highest BCUT2D eigenvalue weighted by Gasteiger charge is 2.09. The molecule has 0 fully saturated rings. The molecular weight excluding hydrogens is 264 g/mol. The highest BCUT2D eigenvalue weighted by Crippen LogP contribution is 2.25. The minimum atomic E-state index is 0.0121. The van der Waals surface area contributed by atoms with Crippen molar-refractivity contribution in [3.63, 3.8) is 0 Å². The average molecular weight is 278 g/mol. The Balaban J connectivity index is 2.20. The van der Waals surface area contributed by atoms with Gasteiger partial charge >= 0.3 is 0 Å². The van der Waals surface area contributed by atoms with E-state index >= 15 is 0 Å². The van der Waals surface area contributed by atoms with E-state index in [1.165, 1.54) is 0 Å². The molecule has 0 saturated carbocycles. The number of nitrogens with one attached hydrogen (secondary N) is 1. The summed E-state index contributed by atoms with van der Waals surface area (Å²) in [5, 5.41) is 0.857. The Labute approximate surface area is 121 Å². The van der Waals surface area contributed by atoms with Crippen LogP contribution in [-0.4, -0.2) is 22.0 Å². The molecule has 3 rings (SSSR count). The lowest BCUT2D eigenvalue weighted by molar-refractivity contribution is 0.101. The standard InChI is InChI=1S/C17H14N2O2/c1-10-5-13(11(2)21)7-17(19-10)12-3-4-16-15(6-12)14(9-20)8-18-16/h3-9,18H,1-2H3. The lowest BCUT2D eigenvalue weighted by Crippen LogP contribution is -1.97. The number of Topliss-reactive ketones (excluding diaryl/α,β-unsaturated/α-hetero) is 1. The van der Waals surface area contributed by atoms with Crippen LogP contribution in [0.15, 0.2) is 36.5 Å². The summed E-state index contributed by atoms with van der Waals surface area (Å²) in [5.74, 6) is 0.0121. The molecular formula is C17H14N2O2. The highest BCUT2D eigenvalue weighted by molar-refractivity contribution is 5.99. The summed E-state index contributed by atoms with van der Waals surface area (Å²) in [6, 6.07) is 9.32. The summed E-state index contributed by atoms with van der Waals surface area (Å²) in [7, 11) is 0. The van der Waals surface area contributed by atoms with Crippen LogP contribution in [0.5, 0.6) is 0 Å². The number of fused-ring (bicyclic) bond motifs is 1. The van der Waals surface area contributed by atoms with Crippen LogP contribution in [0.25, 0.3) is 22.2 Å². The number of aromatic nitrogens is 2. The molecule has 0 radical (unpaired) electrons. The maximum Gasteiger partial charge on any atom is 0.159 e. The molecule has 0 spiro atoms. The summed E-state index contributed by atoms with van der Waals surface area (Å²) in [6.45, 7) is 3.40. The van der Waals surface area contributed by atoms with Gasteiger partial charge in [0.15, 0.2) is 12.1 Å². The van der Waals surface area contributed by atoms with E-state index in [0.717, 1.165) is 34.1 Å². The molecule has 0 unspecified atom stereocenters. The van der Waals surface area contributed by atoms with Crippen molar-refractivity contribution in [3.05, 3.63) is 53.3 Å². The maximum absolute atomic E-state index is 11.6. The number of carbonyl (C=O) groups is 2. The van der Waals surface area contributed by atoms with E-state index in [1.54, 1.807) is 25.3 Å². The zero-order chi connectivity index (χ0) is 15.0. The number of hydrogen-bond donors (Lipinski definition) is 1. The number of H-pyrrole nitrogens is 1. The normalized spacial score (nSPS) is 10.8. The fraction of sp³-hybridized carbons (Fsp3) is 0.118. The van der Waals surface area contributed by atoms with Gasteiger partial charge in [0, 0.05) is 39.5 Å². The number of ketones is 1. The van der Waals surface area contributed by atoms with Crippen molar-refractivity contribution in [3.8, 4) is 11.3 Å². The van der Waals surface area contributed by atoms with E-state index in [1.807, 2.05) is 25.1 Å². The Hall–Kier alpha value is -2.75. The number of benzene rings is 1. The summed E-state index contributed by atoms with van der Waals surface area (Å²) < 4.78 is 0. The van der Waals surface area contributed by atoms with Gasteiger partial charge in [0.2, 0.25) is 0 Å². The summed E-state index contributed by atoms with van der Waals surface area (Å²) in [5.41, 5.74) is 4.58. The van der Waals surface area contributed by atoms with E-state index in [2.05, 4.69) is 9.97 Å². The third-order valence-corrected chi connectivity index (χ3v) is 3.50. The van der Waals surface area contributed by atoms with Crippen molar-refractivity contribution in [2.45, 2.75) is 13.8 Å². The predicted octanol–water partition coefficient (Wildman–Crippen LogP) is 3.55. The van der Waals surface area contributed by atoms with Crippen LogP contribution in [0.1, 0.15) is 33.3 Å². The second kappa shape index (κ2) is 4.98.